The molecule has 1 aliphatic rings. The molecule has 0 radical (unpaired) electrons. The third-order valence-electron chi connectivity index (χ3n) is 8.24. The van der Waals surface area contributed by atoms with Crippen molar-refractivity contribution in [2.45, 2.75) is 68.4 Å². The molecule has 2 unspecified atom stereocenters. The Morgan fingerprint density at radius 3 is 1.98 bits per heavy atom. The first kappa shape index (κ1) is 33.6. The number of likely N-dealkylation sites (tertiary alicyclic amines) is 1. The van der Waals surface area contributed by atoms with Gasteiger partial charge in [0.2, 0.25) is 0 Å². The molecule has 3 aromatic rings. The lowest BCUT2D eigenvalue weighted by Crippen LogP contribution is -2.43. The zero-order chi connectivity index (χ0) is 31.4. The van der Waals surface area contributed by atoms with Crippen LogP contribution in [0, 0.1) is 0 Å². The Kier molecular flexibility index (Phi) is 10.8. The average Bonchev–Trinajstić information content (AvgIpc) is 2.96. The van der Waals surface area contributed by atoms with E-state index in [0.717, 1.165) is 23.3 Å². The second-order valence-electron chi connectivity index (χ2n) is 11.3. The maximum Gasteiger partial charge on any atom is 0.416 e. The Labute approximate surface area is 257 Å². The van der Waals surface area contributed by atoms with Gasteiger partial charge in [0.05, 0.1) is 26.8 Å². The fraction of sp³-hybridized carbons (Fsp3) is 0.438. The highest BCUT2D eigenvalue weighted by molar-refractivity contribution is 6.42. The number of hydrogen-bond donors (Lipinski definition) is 2. The van der Waals surface area contributed by atoms with Crippen LogP contribution in [0.1, 0.15) is 65.8 Å². The summed E-state index contributed by atoms with van der Waals surface area (Å²) in [5.41, 5.74) is 4.63. The van der Waals surface area contributed by atoms with Crippen LogP contribution >= 0.6 is 23.2 Å². The summed E-state index contributed by atoms with van der Waals surface area (Å²) in [5, 5.41) is 12.0. The van der Waals surface area contributed by atoms with Gasteiger partial charge in [-0.25, -0.2) is 0 Å². The molecular weight excluding hydrogens is 613 g/mol. The largest absolute Gasteiger partial charge is 0.416 e. The second-order valence-corrected chi connectivity index (χ2v) is 12.2. The monoisotopic (exact) mass is 646 g/mol. The van der Waals surface area contributed by atoms with Crippen molar-refractivity contribution in [3.8, 4) is 0 Å². The van der Waals surface area contributed by atoms with Crippen molar-refractivity contribution in [3.05, 3.63) is 105 Å². The fourth-order valence-corrected chi connectivity index (χ4v) is 6.01. The molecule has 1 saturated heterocycles. The summed E-state index contributed by atoms with van der Waals surface area (Å²) in [6, 6.07) is 16.1. The van der Waals surface area contributed by atoms with Gasteiger partial charge >= 0.3 is 12.4 Å². The van der Waals surface area contributed by atoms with Gasteiger partial charge in [-0.15, -0.1) is 0 Å². The van der Waals surface area contributed by atoms with E-state index in [2.05, 4.69) is 4.90 Å². The van der Waals surface area contributed by atoms with Gasteiger partial charge in [-0.3, -0.25) is 0 Å². The van der Waals surface area contributed by atoms with Crippen LogP contribution in [0.4, 0.5) is 26.3 Å². The molecule has 0 saturated carbocycles. The van der Waals surface area contributed by atoms with Gasteiger partial charge in [-0.05, 0) is 98.0 Å². The Balaban J connectivity index is 1.42. The van der Waals surface area contributed by atoms with E-state index < -0.39 is 35.1 Å². The highest BCUT2D eigenvalue weighted by Gasteiger charge is 2.37. The summed E-state index contributed by atoms with van der Waals surface area (Å²) >= 11 is 12.4. The van der Waals surface area contributed by atoms with Crippen molar-refractivity contribution in [1.82, 2.24) is 4.90 Å². The van der Waals surface area contributed by atoms with Crippen molar-refractivity contribution in [2.24, 2.45) is 5.73 Å². The lowest BCUT2D eigenvalue weighted by Gasteiger charge is -2.39. The zero-order valence-corrected chi connectivity index (χ0v) is 24.9. The minimum Gasteiger partial charge on any atom is -0.385 e. The number of nitrogens with two attached hydrogens (primary N) is 1. The number of halogens is 8. The minimum atomic E-state index is -4.90. The molecule has 3 nitrogen and oxygen atoms in total. The quantitative estimate of drug-likeness (QED) is 0.216. The molecule has 234 valence electrons. The van der Waals surface area contributed by atoms with E-state index in [-0.39, 0.29) is 30.4 Å². The molecule has 43 heavy (non-hydrogen) atoms. The van der Waals surface area contributed by atoms with Crippen molar-refractivity contribution in [1.29, 1.82) is 0 Å². The Morgan fingerprint density at radius 2 is 1.42 bits per heavy atom. The van der Waals surface area contributed by atoms with Gasteiger partial charge in [0, 0.05) is 19.1 Å². The second kappa shape index (κ2) is 13.8. The average molecular weight is 648 g/mol. The van der Waals surface area contributed by atoms with E-state index in [1.54, 1.807) is 12.1 Å². The van der Waals surface area contributed by atoms with Crippen LogP contribution in [0.2, 0.25) is 10.0 Å². The van der Waals surface area contributed by atoms with E-state index in [0.29, 0.717) is 55.4 Å². The van der Waals surface area contributed by atoms with Crippen LogP contribution in [-0.2, 0) is 24.4 Å². The summed E-state index contributed by atoms with van der Waals surface area (Å²) in [7, 11) is 0. The summed E-state index contributed by atoms with van der Waals surface area (Å²) in [4.78, 5) is 2.27. The predicted octanol–water partition coefficient (Wildman–Crippen LogP) is 8.84. The molecule has 11 heteroatoms. The Bertz CT molecular complexity index is 1330. The predicted molar refractivity (Wildman–Crippen MR) is 157 cm³/mol. The van der Waals surface area contributed by atoms with Crippen LogP contribution in [-0.4, -0.2) is 35.7 Å². The number of piperidine rings is 1. The van der Waals surface area contributed by atoms with Crippen LogP contribution in [0.3, 0.4) is 0 Å². The third-order valence-corrected chi connectivity index (χ3v) is 8.98. The molecule has 2 atom stereocenters. The summed E-state index contributed by atoms with van der Waals surface area (Å²) < 4.78 is 79.8. The van der Waals surface area contributed by atoms with Crippen molar-refractivity contribution in [3.63, 3.8) is 0 Å². The first-order chi connectivity index (χ1) is 20.1. The molecule has 0 bridgehead atoms. The van der Waals surface area contributed by atoms with E-state index in [9.17, 15) is 31.4 Å². The Morgan fingerprint density at radius 1 is 0.814 bits per heavy atom. The normalized spacial score (nSPS) is 17.5. The highest BCUT2D eigenvalue weighted by atomic mass is 35.5. The van der Waals surface area contributed by atoms with Crippen LogP contribution in [0.15, 0.2) is 66.7 Å². The standard InChI is InChI=1S/C32H34Cl2F6N2O/c33-28-9-7-22(19-29(28)34)23(10-13-42-14-11-30(43,12-15-42)24-4-2-1-3-5-24)18-27(41)8-6-21-16-25(31(35,36)37)20-26(17-21)32(38,39)40/h1-5,7,9,16-17,19-20,23,27,43H,6,8,10-15,18,41H2. The molecular formula is C32H34Cl2F6N2O. The number of rotatable bonds is 10. The molecule has 1 fully saturated rings. The number of aryl methyl sites for hydroxylation is 1. The molecule has 0 spiro atoms. The van der Waals surface area contributed by atoms with Crippen molar-refractivity contribution in [2.75, 3.05) is 19.6 Å². The number of aliphatic hydroxyl groups is 1. The van der Waals surface area contributed by atoms with E-state index in [1.807, 2.05) is 36.4 Å². The minimum absolute atomic E-state index is 0.0353. The lowest BCUT2D eigenvalue weighted by atomic mass is 9.84. The maximum absolute atomic E-state index is 13.3. The molecule has 0 aromatic heterocycles. The summed E-state index contributed by atoms with van der Waals surface area (Å²) in [5.74, 6) is -0.0769. The zero-order valence-electron chi connectivity index (χ0n) is 23.4. The van der Waals surface area contributed by atoms with Gasteiger partial charge in [0.1, 0.15) is 0 Å². The summed E-state index contributed by atoms with van der Waals surface area (Å²) in [6.45, 7) is 2.11. The van der Waals surface area contributed by atoms with Gasteiger partial charge in [0.25, 0.3) is 0 Å². The van der Waals surface area contributed by atoms with E-state index >= 15 is 0 Å². The molecule has 3 N–H and O–H groups in total. The number of nitrogens with zero attached hydrogens (tertiary/aromatic N) is 1. The van der Waals surface area contributed by atoms with Gasteiger partial charge in [-0.1, -0.05) is 59.6 Å². The first-order valence-electron chi connectivity index (χ1n) is 14.1. The summed E-state index contributed by atoms with van der Waals surface area (Å²) in [6.07, 6.45) is -7.32. The molecule has 4 rings (SSSR count). The number of benzene rings is 3. The first-order valence-corrected chi connectivity index (χ1v) is 14.9. The SMILES string of the molecule is NC(CCc1cc(C(F)(F)F)cc(C(F)(F)F)c1)CC(CCN1CCC(O)(c2ccccc2)CC1)c1ccc(Cl)c(Cl)c1. The number of alkyl halides is 6. The van der Waals surface area contributed by atoms with Gasteiger partial charge in [-0.2, -0.15) is 26.3 Å². The fourth-order valence-electron chi connectivity index (χ4n) is 5.71. The van der Waals surface area contributed by atoms with Crippen LogP contribution in [0.25, 0.3) is 0 Å². The molecule has 1 aliphatic heterocycles. The van der Waals surface area contributed by atoms with Gasteiger partial charge in [0.15, 0.2) is 0 Å². The molecule has 1 heterocycles. The lowest BCUT2D eigenvalue weighted by molar-refractivity contribution is -0.143. The molecule has 0 amide bonds. The molecule has 0 aliphatic carbocycles. The number of hydrogen-bond acceptors (Lipinski definition) is 3. The smallest absolute Gasteiger partial charge is 0.385 e. The topological polar surface area (TPSA) is 49.5 Å². The highest BCUT2D eigenvalue weighted by Crippen LogP contribution is 2.38. The van der Waals surface area contributed by atoms with Crippen LogP contribution < -0.4 is 5.73 Å². The van der Waals surface area contributed by atoms with Gasteiger partial charge < -0.3 is 15.7 Å². The molecule has 3 aromatic carbocycles. The van der Waals surface area contributed by atoms with E-state index in [1.165, 1.54) is 0 Å². The third kappa shape index (κ3) is 9.11. The maximum atomic E-state index is 13.3. The van der Waals surface area contributed by atoms with Crippen molar-refractivity contribution >= 4 is 23.2 Å². The Hall–Kier alpha value is -2.30. The van der Waals surface area contributed by atoms with E-state index in [4.69, 9.17) is 28.9 Å². The van der Waals surface area contributed by atoms with Crippen molar-refractivity contribution < 1.29 is 31.4 Å². The van der Waals surface area contributed by atoms with Crippen LogP contribution in [0.5, 0.6) is 0 Å².